The van der Waals surface area contributed by atoms with Crippen LogP contribution in [-0.4, -0.2) is 23.4 Å². The Morgan fingerprint density at radius 2 is 2.24 bits per heavy atom. The number of halogens is 1. The van der Waals surface area contributed by atoms with Gasteiger partial charge in [0.25, 0.3) is 5.91 Å². The highest BCUT2D eigenvalue weighted by Gasteiger charge is 2.29. The Morgan fingerprint density at radius 1 is 1.43 bits per heavy atom. The van der Waals surface area contributed by atoms with Gasteiger partial charge in [-0.15, -0.1) is 11.3 Å². The molecular weight excluding hydrogens is 302 g/mol. The lowest BCUT2D eigenvalue weighted by Gasteiger charge is -2.35. The second kappa shape index (κ2) is 5.98. The van der Waals surface area contributed by atoms with Crippen LogP contribution in [0.15, 0.2) is 18.2 Å². The average molecular weight is 322 g/mol. The number of amides is 1. The first-order valence-electron chi connectivity index (χ1n) is 7.61. The number of carbonyl (C=O) groups excluding carboxylic acids is 1. The van der Waals surface area contributed by atoms with Crippen LogP contribution in [0.4, 0.5) is 0 Å². The van der Waals surface area contributed by atoms with E-state index in [4.69, 9.17) is 11.6 Å². The van der Waals surface area contributed by atoms with Crippen molar-refractivity contribution in [1.29, 1.82) is 0 Å². The number of rotatable bonds is 2. The number of likely N-dealkylation sites (tertiary alicyclic amines) is 1. The van der Waals surface area contributed by atoms with Crippen LogP contribution in [0, 0.1) is 6.92 Å². The summed E-state index contributed by atoms with van der Waals surface area (Å²) in [5, 5.41) is 1.63. The predicted molar refractivity (Wildman–Crippen MR) is 90.5 cm³/mol. The number of hydrogen-bond acceptors (Lipinski definition) is 2. The quantitative estimate of drug-likeness (QED) is 0.738. The lowest BCUT2D eigenvalue weighted by Crippen LogP contribution is -2.43. The van der Waals surface area contributed by atoms with Crippen molar-refractivity contribution in [2.75, 3.05) is 6.54 Å². The fourth-order valence-electron chi connectivity index (χ4n) is 3.13. The van der Waals surface area contributed by atoms with Gasteiger partial charge >= 0.3 is 0 Å². The summed E-state index contributed by atoms with van der Waals surface area (Å²) in [6.45, 7) is 5.08. The summed E-state index contributed by atoms with van der Waals surface area (Å²) in [7, 11) is 0. The summed E-state index contributed by atoms with van der Waals surface area (Å²) < 4.78 is 1.11. The molecule has 1 fully saturated rings. The molecule has 3 rings (SSSR count). The monoisotopic (exact) mass is 321 g/mol. The third kappa shape index (κ3) is 2.69. The Kier molecular flexibility index (Phi) is 4.23. The predicted octanol–water partition coefficient (Wildman–Crippen LogP) is 5.27. The van der Waals surface area contributed by atoms with Crippen LogP contribution in [0.2, 0.25) is 5.02 Å². The molecule has 1 aliphatic heterocycles. The number of fused-ring (bicyclic) bond motifs is 1. The van der Waals surface area contributed by atoms with E-state index in [0.29, 0.717) is 15.9 Å². The fourth-order valence-corrected chi connectivity index (χ4v) is 4.70. The number of benzene rings is 1. The smallest absolute Gasteiger partial charge is 0.265 e. The van der Waals surface area contributed by atoms with Crippen molar-refractivity contribution in [3.05, 3.63) is 33.7 Å². The third-order valence-electron chi connectivity index (χ3n) is 4.34. The number of nitrogens with zero attached hydrogens (tertiary/aromatic N) is 1. The molecule has 112 valence electrons. The number of aryl methyl sites for hydroxylation is 1. The van der Waals surface area contributed by atoms with Gasteiger partial charge in [-0.05, 0) is 44.2 Å². The van der Waals surface area contributed by atoms with Gasteiger partial charge < -0.3 is 4.90 Å². The van der Waals surface area contributed by atoms with Gasteiger partial charge in [0.15, 0.2) is 0 Å². The first-order valence-corrected chi connectivity index (χ1v) is 8.81. The lowest BCUT2D eigenvalue weighted by molar-refractivity contribution is 0.0613. The minimum atomic E-state index is 0.116. The minimum Gasteiger partial charge on any atom is -0.335 e. The van der Waals surface area contributed by atoms with E-state index >= 15 is 0 Å². The van der Waals surface area contributed by atoms with Crippen LogP contribution in [0.25, 0.3) is 10.1 Å². The fraction of sp³-hybridized carbons (Fsp3) is 0.471. The standard InChI is InChI=1S/C17H20ClNOS/c1-3-12-6-4-5-9-19(12)17(20)16-15(18)13-8-7-11(2)10-14(13)21-16/h7-8,10,12H,3-6,9H2,1-2H3. The number of carbonyl (C=O) groups is 1. The molecule has 21 heavy (non-hydrogen) atoms. The van der Waals surface area contributed by atoms with Crippen LogP contribution in [0.3, 0.4) is 0 Å². The van der Waals surface area contributed by atoms with Gasteiger partial charge in [0.05, 0.1) is 5.02 Å². The van der Waals surface area contributed by atoms with E-state index in [9.17, 15) is 4.79 Å². The molecule has 0 spiro atoms. The molecule has 1 aromatic heterocycles. The van der Waals surface area contributed by atoms with Crippen molar-refractivity contribution in [3.63, 3.8) is 0 Å². The van der Waals surface area contributed by atoms with Crippen LogP contribution in [0.5, 0.6) is 0 Å². The van der Waals surface area contributed by atoms with E-state index < -0.39 is 0 Å². The zero-order valence-electron chi connectivity index (χ0n) is 12.5. The summed E-state index contributed by atoms with van der Waals surface area (Å²) in [5.74, 6) is 0.116. The van der Waals surface area contributed by atoms with Gasteiger partial charge in [-0.1, -0.05) is 30.7 Å². The van der Waals surface area contributed by atoms with Crippen LogP contribution in [0.1, 0.15) is 47.8 Å². The van der Waals surface area contributed by atoms with Crippen LogP contribution >= 0.6 is 22.9 Å². The minimum absolute atomic E-state index is 0.116. The maximum Gasteiger partial charge on any atom is 0.265 e. The van der Waals surface area contributed by atoms with Crippen LogP contribution < -0.4 is 0 Å². The zero-order chi connectivity index (χ0) is 15.0. The largest absolute Gasteiger partial charge is 0.335 e. The second-order valence-electron chi connectivity index (χ2n) is 5.80. The molecule has 1 unspecified atom stereocenters. The van der Waals surface area contributed by atoms with Crippen molar-refractivity contribution in [2.45, 2.75) is 45.6 Å². The molecule has 1 saturated heterocycles. The molecule has 0 bridgehead atoms. The van der Waals surface area contributed by atoms with Crippen molar-refractivity contribution >= 4 is 38.9 Å². The number of piperidine rings is 1. The summed E-state index contributed by atoms with van der Waals surface area (Å²) in [6, 6.07) is 6.55. The number of thiophene rings is 1. The molecule has 0 N–H and O–H groups in total. The second-order valence-corrected chi connectivity index (χ2v) is 7.23. The molecular formula is C17H20ClNOS. The third-order valence-corrected chi connectivity index (χ3v) is 5.98. The van der Waals surface area contributed by atoms with E-state index in [2.05, 4.69) is 19.9 Å². The molecule has 4 heteroatoms. The van der Waals surface area contributed by atoms with Gasteiger partial charge in [0.2, 0.25) is 0 Å². The molecule has 2 aromatic rings. The highest BCUT2D eigenvalue weighted by molar-refractivity contribution is 7.21. The SMILES string of the molecule is CCC1CCCCN1C(=O)c1sc2cc(C)ccc2c1Cl. The van der Waals surface area contributed by atoms with Gasteiger partial charge in [-0.25, -0.2) is 0 Å². The normalized spacial score (nSPS) is 19.2. The Morgan fingerprint density at radius 3 is 3.00 bits per heavy atom. The molecule has 0 saturated carbocycles. The molecule has 1 aliphatic rings. The summed E-state index contributed by atoms with van der Waals surface area (Å²) in [5.41, 5.74) is 1.20. The zero-order valence-corrected chi connectivity index (χ0v) is 14.1. The van der Waals surface area contributed by atoms with Crippen LogP contribution in [-0.2, 0) is 0 Å². The van der Waals surface area contributed by atoms with Crippen molar-refractivity contribution in [3.8, 4) is 0 Å². The summed E-state index contributed by atoms with van der Waals surface area (Å²) >= 11 is 8.01. The summed E-state index contributed by atoms with van der Waals surface area (Å²) in [6.07, 6.45) is 4.46. The Hall–Kier alpha value is -1.06. The van der Waals surface area contributed by atoms with E-state index in [1.807, 2.05) is 17.0 Å². The average Bonchev–Trinajstić information content (AvgIpc) is 2.82. The Balaban J connectivity index is 1.99. The topological polar surface area (TPSA) is 20.3 Å². The van der Waals surface area contributed by atoms with Crippen molar-refractivity contribution < 1.29 is 4.79 Å². The molecule has 2 nitrogen and oxygen atoms in total. The van der Waals surface area contributed by atoms with Gasteiger partial charge in [-0.2, -0.15) is 0 Å². The molecule has 1 atom stereocenters. The molecule has 1 aromatic carbocycles. The lowest BCUT2D eigenvalue weighted by atomic mass is 10.00. The van der Waals surface area contributed by atoms with E-state index in [-0.39, 0.29) is 5.91 Å². The van der Waals surface area contributed by atoms with E-state index in [1.54, 1.807) is 0 Å². The van der Waals surface area contributed by atoms with Crippen molar-refractivity contribution in [1.82, 2.24) is 4.90 Å². The first kappa shape index (κ1) is 14.9. The Bertz CT molecular complexity index is 679. The maximum atomic E-state index is 12.9. The molecule has 0 aliphatic carbocycles. The van der Waals surface area contributed by atoms with Gasteiger partial charge in [0.1, 0.15) is 4.88 Å². The molecule has 1 amide bonds. The highest BCUT2D eigenvalue weighted by Crippen LogP contribution is 2.37. The van der Waals surface area contributed by atoms with Crippen molar-refractivity contribution in [2.24, 2.45) is 0 Å². The highest BCUT2D eigenvalue weighted by atomic mass is 35.5. The summed E-state index contributed by atoms with van der Waals surface area (Å²) in [4.78, 5) is 15.6. The number of hydrogen-bond donors (Lipinski definition) is 0. The van der Waals surface area contributed by atoms with E-state index in [0.717, 1.165) is 35.9 Å². The Labute approximate surface area is 134 Å². The maximum absolute atomic E-state index is 12.9. The van der Waals surface area contributed by atoms with Gasteiger partial charge in [0, 0.05) is 22.7 Å². The van der Waals surface area contributed by atoms with E-state index in [1.165, 1.54) is 23.3 Å². The first-order chi connectivity index (χ1) is 10.1. The molecule has 0 radical (unpaired) electrons. The van der Waals surface area contributed by atoms with Gasteiger partial charge in [-0.3, -0.25) is 4.79 Å². The molecule has 2 heterocycles.